The molecule has 0 spiro atoms. The number of aldehydes is 1. The average Bonchev–Trinajstić information content (AvgIpc) is 2.41. The van der Waals surface area contributed by atoms with Crippen molar-refractivity contribution in [1.29, 1.82) is 0 Å². The number of carbonyl (C=O) groups is 1. The van der Waals surface area contributed by atoms with Gasteiger partial charge in [-0.25, -0.2) is 4.98 Å². The quantitative estimate of drug-likeness (QED) is 0.489. The molecule has 7 heteroatoms. The second-order valence-electron chi connectivity index (χ2n) is 3.49. The molecule has 0 unspecified atom stereocenters. The highest BCUT2D eigenvalue weighted by atomic mass is 35.5. The van der Waals surface area contributed by atoms with E-state index in [0.717, 1.165) is 0 Å². The van der Waals surface area contributed by atoms with Crippen LogP contribution >= 0.6 is 23.4 Å². The second-order valence-corrected chi connectivity index (χ2v) is 4.93. The lowest BCUT2D eigenvalue weighted by molar-refractivity contribution is -0.384. The van der Waals surface area contributed by atoms with Gasteiger partial charge in [-0.15, -0.1) is 0 Å². The number of nitro groups is 1. The van der Waals surface area contributed by atoms with Gasteiger partial charge in [-0.1, -0.05) is 23.4 Å². The highest BCUT2D eigenvalue weighted by Gasteiger charge is 2.12. The van der Waals surface area contributed by atoms with Gasteiger partial charge in [0.15, 0.2) is 6.29 Å². The lowest BCUT2D eigenvalue weighted by Crippen LogP contribution is -1.92. The van der Waals surface area contributed by atoms with E-state index < -0.39 is 4.92 Å². The van der Waals surface area contributed by atoms with E-state index in [0.29, 0.717) is 21.2 Å². The number of nitro benzene ring substituents is 1. The predicted octanol–water partition coefficient (Wildman–Crippen LogP) is 3.61. The Kier molecular flexibility index (Phi) is 4.13. The van der Waals surface area contributed by atoms with Crippen LogP contribution in [0.3, 0.4) is 0 Å². The summed E-state index contributed by atoms with van der Waals surface area (Å²) in [4.78, 5) is 25.7. The van der Waals surface area contributed by atoms with Gasteiger partial charge in [-0.3, -0.25) is 14.9 Å². The van der Waals surface area contributed by atoms with Crippen LogP contribution in [0, 0.1) is 10.1 Å². The Bertz CT molecular complexity index is 649. The molecule has 0 saturated carbocycles. The van der Waals surface area contributed by atoms with Crippen LogP contribution in [0.2, 0.25) is 5.02 Å². The summed E-state index contributed by atoms with van der Waals surface area (Å²) in [6, 6.07) is 7.46. The Morgan fingerprint density at radius 2 is 2.16 bits per heavy atom. The van der Waals surface area contributed by atoms with Crippen LogP contribution in [0.15, 0.2) is 46.5 Å². The van der Waals surface area contributed by atoms with Crippen LogP contribution in [-0.2, 0) is 0 Å². The maximum absolute atomic E-state index is 11.0. The molecule has 0 bridgehead atoms. The SMILES string of the molecule is O=Cc1cc([N+](=O)[O-])ccc1Sc1ncccc1Cl. The first-order valence-electron chi connectivity index (χ1n) is 5.14. The number of benzene rings is 1. The summed E-state index contributed by atoms with van der Waals surface area (Å²) in [5.74, 6) is 0. The van der Waals surface area contributed by atoms with E-state index in [1.807, 2.05) is 0 Å². The maximum Gasteiger partial charge on any atom is 0.270 e. The summed E-state index contributed by atoms with van der Waals surface area (Å²) in [6.07, 6.45) is 2.16. The summed E-state index contributed by atoms with van der Waals surface area (Å²) < 4.78 is 0. The predicted molar refractivity (Wildman–Crippen MR) is 71.9 cm³/mol. The molecule has 0 N–H and O–H groups in total. The Hall–Kier alpha value is -1.92. The molecule has 0 radical (unpaired) electrons. The molecule has 0 aliphatic carbocycles. The van der Waals surface area contributed by atoms with E-state index >= 15 is 0 Å². The Balaban J connectivity index is 2.38. The van der Waals surface area contributed by atoms with Gasteiger partial charge in [-0.05, 0) is 18.2 Å². The fourth-order valence-electron chi connectivity index (χ4n) is 1.38. The van der Waals surface area contributed by atoms with E-state index in [4.69, 9.17) is 11.6 Å². The van der Waals surface area contributed by atoms with Gasteiger partial charge >= 0.3 is 0 Å². The minimum atomic E-state index is -0.546. The van der Waals surface area contributed by atoms with Crippen molar-refractivity contribution < 1.29 is 9.72 Å². The van der Waals surface area contributed by atoms with E-state index in [1.54, 1.807) is 18.3 Å². The van der Waals surface area contributed by atoms with Crippen LogP contribution in [0.1, 0.15) is 10.4 Å². The zero-order chi connectivity index (χ0) is 13.8. The van der Waals surface area contributed by atoms with Crippen molar-refractivity contribution in [3.05, 3.63) is 57.2 Å². The van der Waals surface area contributed by atoms with Crippen LogP contribution in [-0.4, -0.2) is 16.2 Å². The number of aromatic nitrogens is 1. The minimum Gasteiger partial charge on any atom is -0.298 e. The van der Waals surface area contributed by atoms with Gasteiger partial charge < -0.3 is 0 Å². The van der Waals surface area contributed by atoms with Crippen molar-refractivity contribution >= 4 is 35.3 Å². The summed E-state index contributed by atoms with van der Waals surface area (Å²) in [6.45, 7) is 0. The number of pyridine rings is 1. The number of halogens is 1. The molecular formula is C12H7ClN2O3S. The third-order valence-electron chi connectivity index (χ3n) is 2.26. The van der Waals surface area contributed by atoms with E-state index in [9.17, 15) is 14.9 Å². The van der Waals surface area contributed by atoms with Crippen LogP contribution in [0.4, 0.5) is 5.69 Å². The molecule has 0 fully saturated rings. The lowest BCUT2D eigenvalue weighted by atomic mass is 10.2. The van der Waals surface area contributed by atoms with Gasteiger partial charge in [0.2, 0.25) is 0 Å². The smallest absolute Gasteiger partial charge is 0.270 e. The molecule has 0 aliphatic rings. The first-order valence-corrected chi connectivity index (χ1v) is 6.33. The average molecular weight is 295 g/mol. The largest absolute Gasteiger partial charge is 0.298 e. The molecule has 0 saturated heterocycles. The Morgan fingerprint density at radius 1 is 1.37 bits per heavy atom. The molecule has 0 aliphatic heterocycles. The minimum absolute atomic E-state index is 0.126. The van der Waals surface area contributed by atoms with Gasteiger partial charge in [0.05, 0.1) is 9.95 Å². The van der Waals surface area contributed by atoms with Crippen LogP contribution in [0.5, 0.6) is 0 Å². The van der Waals surface area contributed by atoms with Crippen molar-refractivity contribution in [2.75, 3.05) is 0 Å². The monoisotopic (exact) mass is 294 g/mol. The maximum atomic E-state index is 11.0. The molecule has 1 aromatic carbocycles. The number of carbonyl (C=O) groups excluding carboxylic acids is 1. The van der Waals surface area contributed by atoms with Crippen molar-refractivity contribution in [3.8, 4) is 0 Å². The molecule has 0 atom stereocenters. The van der Waals surface area contributed by atoms with Crippen molar-refractivity contribution in [1.82, 2.24) is 4.98 Å². The number of rotatable bonds is 4. The zero-order valence-electron chi connectivity index (χ0n) is 9.45. The van der Waals surface area contributed by atoms with E-state index in [2.05, 4.69) is 4.98 Å². The third-order valence-corrected chi connectivity index (χ3v) is 3.79. The van der Waals surface area contributed by atoms with E-state index in [-0.39, 0.29) is 11.3 Å². The molecular weight excluding hydrogens is 288 g/mol. The number of non-ortho nitro benzene ring substituents is 1. The first-order chi connectivity index (χ1) is 9.11. The van der Waals surface area contributed by atoms with Gasteiger partial charge in [0.1, 0.15) is 5.03 Å². The molecule has 19 heavy (non-hydrogen) atoms. The third kappa shape index (κ3) is 3.10. The van der Waals surface area contributed by atoms with Crippen LogP contribution < -0.4 is 0 Å². The number of hydrogen-bond acceptors (Lipinski definition) is 5. The standard InChI is InChI=1S/C12H7ClN2O3S/c13-10-2-1-5-14-12(10)19-11-4-3-9(15(17)18)6-8(11)7-16/h1-7H. The van der Waals surface area contributed by atoms with Crippen molar-refractivity contribution in [3.63, 3.8) is 0 Å². The molecule has 1 aromatic heterocycles. The molecule has 96 valence electrons. The van der Waals surface area contributed by atoms with E-state index in [1.165, 1.54) is 30.0 Å². The molecule has 2 aromatic rings. The number of hydrogen-bond donors (Lipinski definition) is 0. The van der Waals surface area contributed by atoms with Crippen molar-refractivity contribution in [2.24, 2.45) is 0 Å². The fraction of sp³-hybridized carbons (Fsp3) is 0. The Labute approximate surface area is 117 Å². The highest BCUT2D eigenvalue weighted by Crippen LogP contribution is 2.34. The fourth-order valence-corrected chi connectivity index (χ4v) is 2.47. The summed E-state index contributed by atoms with van der Waals surface area (Å²) >= 11 is 7.16. The van der Waals surface area contributed by atoms with Crippen LogP contribution in [0.25, 0.3) is 0 Å². The Morgan fingerprint density at radius 3 is 2.79 bits per heavy atom. The van der Waals surface area contributed by atoms with Gasteiger partial charge in [0.25, 0.3) is 5.69 Å². The summed E-state index contributed by atoms with van der Waals surface area (Å²) in [5.41, 5.74) is 0.111. The molecule has 5 nitrogen and oxygen atoms in total. The summed E-state index contributed by atoms with van der Waals surface area (Å²) in [5, 5.41) is 11.6. The zero-order valence-corrected chi connectivity index (χ0v) is 11.0. The molecule has 1 heterocycles. The topological polar surface area (TPSA) is 73.1 Å². The molecule has 0 amide bonds. The normalized spacial score (nSPS) is 10.2. The lowest BCUT2D eigenvalue weighted by Gasteiger charge is -2.05. The highest BCUT2D eigenvalue weighted by molar-refractivity contribution is 7.99. The van der Waals surface area contributed by atoms with Gasteiger partial charge in [0, 0.05) is 28.8 Å². The van der Waals surface area contributed by atoms with Gasteiger partial charge in [-0.2, -0.15) is 0 Å². The summed E-state index contributed by atoms with van der Waals surface area (Å²) in [7, 11) is 0. The number of nitrogens with zero attached hydrogens (tertiary/aromatic N) is 2. The first kappa shape index (κ1) is 13.5. The van der Waals surface area contributed by atoms with Crippen molar-refractivity contribution in [2.45, 2.75) is 9.92 Å². The molecule has 2 rings (SSSR count). The second kappa shape index (κ2) is 5.81.